The molecule has 0 spiro atoms. The van der Waals surface area contributed by atoms with E-state index in [1.807, 2.05) is 34.6 Å². The van der Waals surface area contributed by atoms with Gasteiger partial charge in [0.15, 0.2) is 8.32 Å². The van der Waals surface area contributed by atoms with Crippen molar-refractivity contribution >= 4 is 14.3 Å². The molecule has 0 unspecified atom stereocenters. The van der Waals surface area contributed by atoms with Crippen molar-refractivity contribution in [1.82, 2.24) is 0 Å². The number of carbonyl (C=O) groups excluding carboxylic acids is 1. The molecule has 0 aliphatic heterocycles. The summed E-state index contributed by atoms with van der Waals surface area (Å²) >= 11 is 0. The summed E-state index contributed by atoms with van der Waals surface area (Å²) in [6.45, 7) is 15.4. The van der Waals surface area contributed by atoms with Crippen LogP contribution >= 0.6 is 0 Å². The predicted octanol–water partition coefficient (Wildman–Crippen LogP) is 2.80. The molecule has 0 radical (unpaired) electrons. The van der Waals surface area contributed by atoms with E-state index in [4.69, 9.17) is 14.9 Å². The number of nitrogens with two attached hydrogens (primary N) is 1. The molecule has 0 heterocycles. The van der Waals surface area contributed by atoms with Crippen molar-refractivity contribution in [1.29, 1.82) is 0 Å². The molecule has 18 heavy (non-hydrogen) atoms. The minimum Gasteiger partial charge on any atom is -0.457 e. The zero-order valence-electron chi connectivity index (χ0n) is 12.9. The first-order chi connectivity index (χ1) is 7.73. The molecule has 0 saturated carbocycles. The zero-order chi connectivity index (χ0) is 14.8. The maximum Gasteiger partial charge on any atom is 0.333 e. The van der Waals surface area contributed by atoms with Gasteiger partial charge in [0, 0.05) is 11.8 Å². The van der Waals surface area contributed by atoms with Gasteiger partial charge in [0.25, 0.3) is 0 Å². The summed E-state index contributed by atoms with van der Waals surface area (Å²) in [5.74, 6) is -0.438. The molecular weight excluding hydrogens is 246 g/mol. The molecule has 0 saturated heterocycles. The summed E-state index contributed by atoms with van der Waals surface area (Å²) in [5.41, 5.74) is 5.16. The van der Waals surface area contributed by atoms with E-state index in [-0.39, 0.29) is 0 Å². The first-order valence-electron chi connectivity index (χ1n) is 6.14. The third-order valence-electron chi connectivity index (χ3n) is 1.94. The third-order valence-corrected chi connectivity index (χ3v) is 3.06. The Hall–Kier alpha value is -0.813. The van der Waals surface area contributed by atoms with E-state index in [0.29, 0.717) is 5.70 Å². The minimum atomic E-state index is -1.73. The molecule has 0 aromatic heterocycles. The predicted molar refractivity (Wildman–Crippen MR) is 76.6 cm³/mol. The van der Waals surface area contributed by atoms with E-state index >= 15 is 0 Å². The molecule has 5 heteroatoms. The summed E-state index contributed by atoms with van der Waals surface area (Å²) in [6, 6.07) is 0. The fraction of sp³-hybridized carbons (Fsp3) is 0.769. The normalized spacial score (nSPS) is 14.6. The topological polar surface area (TPSA) is 61.5 Å². The maximum atomic E-state index is 11.7. The van der Waals surface area contributed by atoms with Crippen LogP contribution in [0.4, 0.5) is 0 Å². The average Bonchev–Trinajstić information content (AvgIpc) is 1.93. The van der Waals surface area contributed by atoms with E-state index in [2.05, 4.69) is 19.6 Å². The number of ether oxygens (including phenoxy) is 1. The van der Waals surface area contributed by atoms with Gasteiger partial charge < -0.3 is 14.9 Å². The molecule has 0 aliphatic carbocycles. The van der Waals surface area contributed by atoms with Crippen LogP contribution in [0.25, 0.3) is 0 Å². The van der Waals surface area contributed by atoms with Crippen molar-refractivity contribution in [2.24, 2.45) is 5.73 Å². The summed E-state index contributed by atoms with van der Waals surface area (Å²) < 4.78 is 11.1. The van der Waals surface area contributed by atoms with Gasteiger partial charge in [-0.05, 0) is 54.3 Å². The Morgan fingerprint density at radius 3 is 1.89 bits per heavy atom. The van der Waals surface area contributed by atoms with E-state index in [1.165, 1.54) is 6.08 Å². The lowest BCUT2D eigenvalue weighted by atomic mass is 10.1. The van der Waals surface area contributed by atoms with E-state index in [1.54, 1.807) is 0 Å². The number of esters is 1. The Balaban J connectivity index is 4.82. The lowest BCUT2D eigenvalue weighted by Gasteiger charge is -2.33. The van der Waals surface area contributed by atoms with Gasteiger partial charge in [-0.2, -0.15) is 0 Å². The van der Waals surface area contributed by atoms with Gasteiger partial charge >= 0.3 is 5.97 Å². The Labute approximate surface area is 112 Å². The van der Waals surface area contributed by atoms with Gasteiger partial charge in [-0.3, -0.25) is 0 Å². The molecule has 4 nitrogen and oxygen atoms in total. The van der Waals surface area contributed by atoms with Crippen LogP contribution in [0.1, 0.15) is 34.6 Å². The van der Waals surface area contributed by atoms with E-state index < -0.39 is 25.5 Å². The minimum absolute atomic E-state index is 0.388. The van der Waals surface area contributed by atoms with Crippen LogP contribution in [0.15, 0.2) is 11.8 Å². The van der Waals surface area contributed by atoms with Crippen LogP contribution in [0.3, 0.4) is 0 Å². The fourth-order valence-electron chi connectivity index (χ4n) is 1.46. The molecular formula is C13H27NO3Si. The van der Waals surface area contributed by atoms with Crippen molar-refractivity contribution in [2.75, 3.05) is 0 Å². The summed E-state index contributed by atoms with van der Waals surface area (Å²) in [6.07, 6.45) is 1.31. The van der Waals surface area contributed by atoms with Gasteiger partial charge in [0.05, 0.1) is 5.60 Å². The Bertz CT molecular complexity index is 335. The van der Waals surface area contributed by atoms with Crippen LogP contribution in [0.2, 0.25) is 19.6 Å². The summed E-state index contributed by atoms with van der Waals surface area (Å²) in [5, 5.41) is 0. The molecule has 0 fully saturated rings. The Kier molecular flexibility index (Phi) is 5.20. The number of hydrogen-bond acceptors (Lipinski definition) is 4. The van der Waals surface area contributed by atoms with Crippen molar-refractivity contribution in [3.63, 3.8) is 0 Å². The molecule has 0 amide bonds. The van der Waals surface area contributed by atoms with Crippen molar-refractivity contribution < 1.29 is 14.0 Å². The van der Waals surface area contributed by atoms with Crippen molar-refractivity contribution in [3.8, 4) is 0 Å². The monoisotopic (exact) mass is 273 g/mol. The molecule has 0 atom stereocenters. The molecule has 0 aromatic carbocycles. The zero-order valence-corrected chi connectivity index (χ0v) is 13.9. The van der Waals surface area contributed by atoms with Gasteiger partial charge in [-0.1, -0.05) is 0 Å². The maximum absolute atomic E-state index is 11.7. The van der Waals surface area contributed by atoms with Crippen LogP contribution in [-0.2, 0) is 14.0 Å². The highest BCUT2D eigenvalue weighted by atomic mass is 28.4. The Morgan fingerprint density at radius 2 is 1.56 bits per heavy atom. The largest absolute Gasteiger partial charge is 0.457 e. The molecule has 2 N–H and O–H groups in total. The van der Waals surface area contributed by atoms with Crippen molar-refractivity contribution in [3.05, 3.63) is 11.8 Å². The van der Waals surface area contributed by atoms with Gasteiger partial charge in [0.1, 0.15) is 5.60 Å². The SMILES string of the molecule is CC(C)(C)OC(=O)/C=C(\N)C(C)(C)O[Si](C)(C)C. The molecule has 0 rings (SSSR count). The van der Waals surface area contributed by atoms with Crippen LogP contribution in [0.5, 0.6) is 0 Å². The smallest absolute Gasteiger partial charge is 0.333 e. The number of hydrogen-bond donors (Lipinski definition) is 1. The average molecular weight is 273 g/mol. The third kappa shape index (κ3) is 7.50. The second-order valence-electron chi connectivity index (χ2n) is 6.86. The standard InChI is InChI=1S/C13H27NO3Si/c1-12(2,3)16-11(15)9-10(14)13(4,5)17-18(6,7)8/h9H,14H2,1-8H3/b10-9-. The lowest BCUT2D eigenvalue weighted by molar-refractivity contribution is -0.148. The fourth-order valence-corrected chi connectivity index (χ4v) is 3.11. The van der Waals surface area contributed by atoms with E-state index in [9.17, 15) is 4.79 Å². The van der Waals surface area contributed by atoms with Crippen LogP contribution in [0, 0.1) is 0 Å². The van der Waals surface area contributed by atoms with Gasteiger partial charge in [-0.25, -0.2) is 4.79 Å². The quantitative estimate of drug-likeness (QED) is 0.486. The second kappa shape index (κ2) is 5.44. The number of rotatable bonds is 4. The van der Waals surface area contributed by atoms with Crippen LogP contribution < -0.4 is 5.73 Å². The molecule has 106 valence electrons. The van der Waals surface area contributed by atoms with Crippen LogP contribution in [-0.4, -0.2) is 25.5 Å². The molecule has 0 bridgehead atoms. The molecule has 0 aliphatic rings. The van der Waals surface area contributed by atoms with Crippen molar-refractivity contribution in [2.45, 2.75) is 65.5 Å². The van der Waals surface area contributed by atoms with Gasteiger partial charge in [-0.15, -0.1) is 0 Å². The lowest BCUT2D eigenvalue weighted by Crippen LogP contribution is -2.42. The Morgan fingerprint density at radius 1 is 1.11 bits per heavy atom. The molecule has 0 aromatic rings. The number of carbonyl (C=O) groups is 1. The highest BCUT2D eigenvalue weighted by Gasteiger charge is 2.30. The van der Waals surface area contributed by atoms with E-state index in [0.717, 1.165) is 0 Å². The summed E-state index contributed by atoms with van der Waals surface area (Å²) in [4.78, 5) is 11.7. The second-order valence-corrected chi connectivity index (χ2v) is 11.3. The summed E-state index contributed by atoms with van der Waals surface area (Å²) in [7, 11) is -1.73. The first kappa shape index (κ1) is 17.2. The highest BCUT2D eigenvalue weighted by Crippen LogP contribution is 2.22. The highest BCUT2D eigenvalue weighted by molar-refractivity contribution is 6.69. The van der Waals surface area contributed by atoms with Gasteiger partial charge in [0.2, 0.25) is 0 Å². The first-order valence-corrected chi connectivity index (χ1v) is 9.54.